The minimum atomic E-state index is -0.177. The molecule has 0 aliphatic rings. The maximum atomic E-state index is 13.2. The Morgan fingerprint density at radius 1 is 1.10 bits per heavy atom. The van der Waals surface area contributed by atoms with E-state index in [0.717, 1.165) is 10.6 Å². The number of nitrogens with one attached hydrogen (secondary N) is 1. The van der Waals surface area contributed by atoms with Crippen molar-refractivity contribution in [2.45, 2.75) is 31.7 Å². The minimum absolute atomic E-state index is 0.177. The van der Waals surface area contributed by atoms with Crippen LogP contribution in [-0.4, -0.2) is 12.8 Å². The summed E-state index contributed by atoms with van der Waals surface area (Å²) in [6.07, 6.45) is 0. The quantitative estimate of drug-likeness (QED) is 0.796. The second-order valence-corrected chi connectivity index (χ2v) is 6.52. The zero-order valence-electron chi connectivity index (χ0n) is 13.0. The molecule has 0 aromatic heterocycles. The van der Waals surface area contributed by atoms with Crippen LogP contribution >= 0.6 is 11.8 Å². The molecule has 1 N–H and O–H groups in total. The van der Waals surface area contributed by atoms with Gasteiger partial charge in [-0.25, -0.2) is 4.39 Å². The van der Waals surface area contributed by atoms with E-state index in [0.29, 0.717) is 0 Å². The molecule has 0 saturated heterocycles. The van der Waals surface area contributed by atoms with Crippen LogP contribution in [0.25, 0.3) is 0 Å². The fourth-order valence-corrected chi connectivity index (χ4v) is 3.85. The molecule has 1 atom stereocenters. The smallest absolute Gasteiger partial charge is 0.124 e. The Morgan fingerprint density at radius 2 is 1.76 bits per heavy atom. The highest BCUT2D eigenvalue weighted by Crippen LogP contribution is 2.29. The molecule has 2 aromatic rings. The molecule has 1 unspecified atom stereocenters. The van der Waals surface area contributed by atoms with Crippen LogP contribution in [0.5, 0.6) is 0 Å². The first-order valence-electron chi connectivity index (χ1n) is 7.14. The molecule has 0 radical (unpaired) electrons. The van der Waals surface area contributed by atoms with Crippen LogP contribution in [0.3, 0.4) is 0 Å². The molecule has 2 rings (SSSR count). The van der Waals surface area contributed by atoms with Crippen molar-refractivity contribution in [2.75, 3.05) is 12.8 Å². The second-order valence-electron chi connectivity index (χ2n) is 5.42. The lowest BCUT2D eigenvalue weighted by molar-refractivity contribution is 0.624. The van der Waals surface area contributed by atoms with Gasteiger partial charge in [-0.15, -0.1) is 11.8 Å². The summed E-state index contributed by atoms with van der Waals surface area (Å²) in [6.45, 7) is 6.44. The molecule has 0 heterocycles. The highest BCUT2D eigenvalue weighted by Gasteiger charge is 2.15. The standard InChI is InChI=1S/C18H22FNS/c1-12-8-13(2)18(14(3)9-12)17(20-4)11-21-16-7-5-6-15(19)10-16/h5-10,17,20H,11H2,1-4H3. The first kappa shape index (κ1) is 16.1. The third-order valence-corrected chi connectivity index (χ3v) is 4.73. The second kappa shape index (κ2) is 7.10. The van der Waals surface area contributed by atoms with Crippen LogP contribution in [0.1, 0.15) is 28.3 Å². The fraction of sp³-hybridized carbons (Fsp3) is 0.333. The number of aryl methyl sites for hydroxylation is 3. The van der Waals surface area contributed by atoms with Gasteiger partial charge < -0.3 is 5.32 Å². The van der Waals surface area contributed by atoms with E-state index in [2.05, 4.69) is 38.2 Å². The predicted molar refractivity (Wildman–Crippen MR) is 89.6 cm³/mol. The van der Waals surface area contributed by atoms with Crippen molar-refractivity contribution in [1.29, 1.82) is 0 Å². The van der Waals surface area contributed by atoms with E-state index in [1.807, 2.05) is 13.1 Å². The van der Waals surface area contributed by atoms with Crippen LogP contribution in [-0.2, 0) is 0 Å². The molecule has 21 heavy (non-hydrogen) atoms. The summed E-state index contributed by atoms with van der Waals surface area (Å²) in [5.41, 5.74) is 5.27. The lowest BCUT2D eigenvalue weighted by Crippen LogP contribution is -2.21. The van der Waals surface area contributed by atoms with Gasteiger partial charge in [0.05, 0.1) is 0 Å². The molecule has 0 saturated carbocycles. The Bertz CT molecular complexity index is 601. The molecule has 0 aliphatic carbocycles. The molecule has 0 spiro atoms. The molecule has 0 bridgehead atoms. The van der Waals surface area contributed by atoms with Gasteiger partial charge in [0.15, 0.2) is 0 Å². The molecule has 0 aliphatic heterocycles. The highest BCUT2D eigenvalue weighted by atomic mass is 32.2. The summed E-state index contributed by atoms with van der Waals surface area (Å²) >= 11 is 1.68. The minimum Gasteiger partial charge on any atom is -0.312 e. The summed E-state index contributed by atoms with van der Waals surface area (Å²) < 4.78 is 13.2. The Hall–Kier alpha value is -1.32. The van der Waals surface area contributed by atoms with Crippen molar-refractivity contribution in [2.24, 2.45) is 0 Å². The zero-order valence-corrected chi connectivity index (χ0v) is 13.9. The third kappa shape index (κ3) is 4.08. The van der Waals surface area contributed by atoms with Crippen molar-refractivity contribution in [1.82, 2.24) is 5.32 Å². The Morgan fingerprint density at radius 3 is 2.33 bits per heavy atom. The van der Waals surface area contributed by atoms with E-state index in [1.165, 1.54) is 28.3 Å². The maximum Gasteiger partial charge on any atom is 0.124 e. The summed E-state index contributed by atoms with van der Waals surface area (Å²) in [4.78, 5) is 0.970. The van der Waals surface area contributed by atoms with Crippen LogP contribution in [0, 0.1) is 26.6 Å². The van der Waals surface area contributed by atoms with Crippen molar-refractivity contribution >= 4 is 11.8 Å². The molecule has 1 nitrogen and oxygen atoms in total. The number of hydrogen-bond donors (Lipinski definition) is 1. The number of rotatable bonds is 5. The molecule has 0 amide bonds. The normalized spacial score (nSPS) is 12.4. The van der Waals surface area contributed by atoms with Crippen LogP contribution < -0.4 is 5.32 Å². The summed E-state index contributed by atoms with van der Waals surface area (Å²) in [5, 5.41) is 3.39. The average molecular weight is 303 g/mol. The zero-order chi connectivity index (χ0) is 15.4. The van der Waals surface area contributed by atoms with Gasteiger partial charge in [-0.05, 0) is 62.7 Å². The van der Waals surface area contributed by atoms with Gasteiger partial charge in [0.1, 0.15) is 5.82 Å². The summed E-state index contributed by atoms with van der Waals surface area (Å²) in [7, 11) is 1.98. The topological polar surface area (TPSA) is 12.0 Å². The van der Waals surface area contributed by atoms with Gasteiger partial charge >= 0.3 is 0 Å². The number of benzene rings is 2. The van der Waals surface area contributed by atoms with Gasteiger partial charge in [-0.2, -0.15) is 0 Å². The summed E-state index contributed by atoms with van der Waals surface area (Å²) in [6, 6.07) is 11.5. The van der Waals surface area contributed by atoms with Crippen molar-refractivity contribution in [3.63, 3.8) is 0 Å². The number of halogens is 1. The highest BCUT2D eigenvalue weighted by molar-refractivity contribution is 7.99. The molecular formula is C18H22FNS. The largest absolute Gasteiger partial charge is 0.312 e. The Kier molecular flexibility index (Phi) is 5.43. The van der Waals surface area contributed by atoms with E-state index in [-0.39, 0.29) is 11.9 Å². The van der Waals surface area contributed by atoms with Crippen molar-refractivity contribution < 1.29 is 4.39 Å². The van der Waals surface area contributed by atoms with E-state index in [1.54, 1.807) is 23.9 Å². The third-order valence-electron chi connectivity index (χ3n) is 3.65. The Labute approximate surface area is 131 Å². The van der Waals surface area contributed by atoms with Gasteiger partial charge in [-0.1, -0.05) is 23.8 Å². The van der Waals surface area contributed by atoms with Crippen LogP contribution in [0.2, 0.25) is 0 Å². The van der Waals surface area contributed by atoms with E-state index in [9.17, 15) is 4.39 Å². The fourth-order valence-electron chi connectivity index (χ4n) is 2.79. The molecule has 2 aromatic carbocycles. The molecular weight excluding hydrogens is 281 g/mol. The van der Waals surface area contributed by atoms with E-state index >= 15 is 0 Å². The molecule has 3 heteroatoms. The van der Waals surface area contributed by atoms with Gasteiger partial charge in [0.2, 0.25) is 0 Å². The monoisotopic (exact) mass is 303 g/mol. The first-order valence-corrected chi connectivity index (χ1v) is 8.13. The number of thioether (sulfide) groups is 1. The van der Waals surface area contributed by atoms with Crippen molar-refractivity contribution in [3.8, 4) is 0 Å². The van der Waals surface area contributed by atoms with Gasteiger partial charge in [0.25, 0.3) is 0 Å². The van der Waals surface area contributed by atoms with E-state index < -0.39 is 0 Å². The molecule has 0 fully saturated rings. The van der Waals surface area contributed by atoms with Crippen molar-refractivity contribution in [3.05, 3.63) is 64.5 Å². The van der Waals surface area contributed by atoms with Crippen LogP contribution in [0.4, 0.5) is 4.39 Å². The average Bonchev–Trinajstić information content (AvgIpc) is 2.41. The Balaban J connectivity index is 2.17. The van der Waals surface area contributed by atoms with E-state index in [4.69, 9.17) is 0 Å². The van der Waals surface area contributed by atoms with Gasteiger partial charge in [-0.3, -0.25) is 0 Å². The van der Waals surface area contributed by atoms with Gasteiger partial charge in [0, 0.05) is 16.7 Å². The SMILES string of the molecule is CNC(CSc1cccc(F)c1)c1c(C)cc(C)cc1C. The predicted octanol–water partition coefficient (Wildman–Crippen LogP) is 4.80. The lowest BCUT2D eigenvalue weighted by atomic mass is 9.95. The molecule has 112 valence electrons. The van der Waals surface area contributed by atoms with Crippen LogP contribution in [0.15, 0.2) is 41.3 Å². The number of hydrogen-bond acceptors (Lipinski definition) is 2. The summed E-state index contributed by atoms with van der Waals surface area (Å²) in [5.74, 6) is 0.703. The lowest BCUT2D eigenvalue weighted by Gasteiger charge is -2.21. The maximum absolute atomic E-state index is 13.2. The first-order chi connectivity index (χ1) is 10.0.